The summed E-state index contributed by atoms with van der Waals surface area (Å²) in [7, 11) is 0. The zero-order valence-corrected chi connectivity index (χ0v) is 25.6. The van der Waals surface area contributed by atoms with Crippen LogP contribution in [0.5, 0.6) is 0 Å². The molecule has 3 aliphatic rings. The number of aromatic amines is 2. The Balaban J connectivity index is 1.48. The number of nitrogens with zero attached hydrogens (tertiary/aromatic N) is 2. The van der Waals surface area contributed by atoms with E-state index >= 15 is 0 Å². The molecule has 2 N–H and O–H groups in total. The third kappa shape index (κ3) is 4.79. The van der Waals surface area contributed by atoms with E-state index in [1.165, 1.54) is 5.57 Å². The highest BCUT2D eigenvalue weighted by Crippen LogP contribution is 2.38. The minimum Gasteiger partial charge on any atom is -0.354 e. The molecule has 1 aliphatic carbocycles. The minimum absolute atomic E-state index is 0.863. The van der Waals surface area contributed by atoms with Crippen LogP contribution in [0.3, 0.4) is 0 Å². The van der Waals surface area contributed by atoms with Crippen molar-refractivity contribution in [3.63, 3.8) is 0 Å². The molecule has 3 aromatic heterocycles. The van der Waals surface area contributed by atoms with Crippen LogP contribution in [-0.4, -0.2) is 19.9 Å². The van der Waals surface area contributed by atoms with Crippen LogP contribution in [-0.2, 0) is 0 Å². The van der Waals surface area contributed by atoms with Gasteiger partial charge in [0.2, 0.25) is 0 Å². The molecule has 5 heterocycles. The largest absolute Gasteiger partial charge is 0.354 e. The highest BCUT2D eigenvalue weighted by Gasteiger charge is 2.19. The van der Waals surface area contributed by atoms with Crippen molar-refractivity contribution >= 4 is 51.9 Å². The maximum absolute atomic E-state index is 5.35. The number of fused-ring (bicyclic) bond motifs is 8. The summed E-state index contributed by atoms with van der Waals surface area (Å²) in [5, 5.41) is 0. The Morgan fingerprint density at radius 3 is 1.13 bits per heavy atom. The Labute approximate surface area is 272 Å². The summed E-state index contributed by atoms with van der Waals surface area (Å²) in [6.45, 7) is 0. The molecule has 0 saturated heterocycles. The molecule has 0 atom stereocenters. The van der Waals surface area contributed by atoms with Crippen LogP contribution >= 0.6 is 0 Å². The maximum Gasteiger partial charge on any atom is 0.0737 e. The van der Waals surface area contributed by atoms with Gasteiger partial charge >= 0.3 is 0 Å². The molecule has 0 unspecified atom stereocenters. The van der Waals surface area contributed by atoms with Gasteiger partial charge in [-0.3, -0.25) is 0 Å². The third-order valence-corrected chi connectivity index (χ3v) is 9.03. The van der Waals surface area contributed by atoms with Gasteiger partial charge < -0.3 is 9.97 Å². The highest BCUT2D eigenvalue weighted by molar-refractivity contribution is 5.99. The first-order valence-corrected chi connectivity index (χ1v) is 16.0. The van der Waals surface area contributed by atoms with E-state index < -0.39 is 0 Å². The van der Waals surface area contributed by atoms with E-state index in [0.29, 0.717) is 0 Å². The quantitative estimate of drug-likeness (QED) is 0.211. The molecular formula is C43H30N4. The van der Waals surface area contributed by atoms with Gasteiger partial charge in [-0.05, 0) is 77.3 Å². The van der Waals surface area contributed by atoms with Crippen LogP contribution in [0, 0.1) is 0 Å². The Kier molecular flexibility index (Phi) is 6.50. The van der Waals surface area contributed by atoms with Gasteiger partial charge in [-0.1, -0.05) is 109 Å². The lowest BCUT2D eigenvalue weighted by Crippen LogP contribution is -1.91. The molecule has 8 bridgehead atoms. The van der Waals surface area contributed by atoms with Crippen LogP contribution in [0.15, 0.2) is 133 Å². The molecule has 4 nitrogen and oxygen atoms in total. The molecule has 47 heavy (non-hydrogen) atoms. The smallest absolute Gasteiger partial charge is 0.0737 e. The van der Waals surface area contributed by atoms with Crippen molar-refractivity contribution in [3.05, 3.63) is 162 Å². The van der Waals surface area contributed by atoms with Gasteiger partial charge in [0.15, 0.2) is 0 Å². The van der Waals surface area contributed by atoms with Crippen LogP contribution in [0.2, 0.25) is 0 Å². The zero-order chi connectivity index (χ0) is 31.2. The van der Waals surface area contributed by atoms with Crippen LogP contribution in [0.25, 0.3) is 85.3 Å². The van der Waals surface area contributed by atoms with Crippen LogP contribution in [0.1, 0.15) is 34.8 Å². The highest BCUT2D eigenvalue weighted by atomic mass is 14.8. The minimum atomic E-state index is 0.863. The molecule has 0 amide bonds. The Morgan fingerprint density at radius 1 is 0.404 bits per heavy atom. The lowest BCUT2D eigenvalue weighted by atomic mass is 10.0. The first-order valence-electron chi connectivity index (χ1n) is 16.0. The normalized spacial score (nSPS) is 13.3. The molecule has 3 aromatic carbocycles. The molecule has 9 rings (SSSR count). The first-order chi connectivity index (χ1) is 23.3. The van der Waals surface area contributed by atoms with Crippen molar-refractivity contribution in [3.8, 4) is 33.4 Å². The molecule has 0 saturated carbocycles. The van der Waals surface area contributed by atoms with E-state index in [-0.39, 0.29) is 0 Å². The second-order valence-corrected chi connectivity index (χ2v) is 11.9. The van der Waals surface area contributed by atoms with E-state index in [9.17, 15) is 0 Å². The van der Waals surface area contributed by atoms with E-state index in [4.69, 9.17) is 9.97 Å². The molecular weight excluding hydrogens is 573 g/mol. The number of hydrogen-bond acceptors (Lipinski definition) is 2. The lowest BCUT2D eigenvalue weighted by molar-refractivity contribution is 1.29. The summed E-state index contributed by atoms with van der Waals surface area (Å²) in [6, 6.07) is 40.3. The van der Waals surface area contributed by atoms with Crippen molar-refractivity contribution in [2.24, 2.45) is 0 Å². The number of rotatable bonds is 4. The van der Waals surface area contributed by atoms with Crippen molar-refractivity contribution in [2.45, 2.75) is 6.42 Å². The van der Waals surface area contributed by atoms with Gasteiger partial charge in [0.05, 0.1) is 22.8 Å². The molecule has 4 heteroatoms. The van der Waals surface area contributed by atoms with Crippen LogP contribution < -0.4 is 0 Å². The summed E-state index contributed by atoms with van der Waals surface area (Å²) in [5.74, 6) is 0. The van der Waals surface area contributed by atoms with Gasteiger partial charge in [-0.2, -0.15) is 0 Å². The second kappa shape index (κ2) is 11.3. The number of benzene rings is 3. The SMILES string of the molecule is C1=CCC(c2c3nc(c(-c4ccccc4)c4ccc([nH]4)c(-c4ccccc4)c4nc(c(-c5ccccc5)c5ccc2[nH]5)C=C4)C=C3)=C1. The van der Waals surface area contributed by atoms with Crippen LogP contribution in [0.4, 0.5) is 0 Å². The Morgan fingerprint density at radius 2 is 0.766 bits per heavy atom. The predicted octanol–water partition coefficient (Wildman–Crippen LogP) is 11.0. The summed E-state index contributed by atoms with van der Waals surface area (Å²) in [6.07, 6.45) is 16.0. The number of hydrogen-bond donors (Lipinski definition) is 2. The van der Waals surface area contributed by atoms with E-state index in [1.54, 1.807) is 0 Å². The molecule has 2 aliphatic heterocycles. The summed E-state index contributed by atoms with van der Waals surface area (Å²) < 4.78 is 0. The molecule has 6 aromatic rings. The summed E-state index contributed by atoms with van der Waals surface area (Å²) in [4.78, 5) is 18.3. The fourth-order valence-electron chi connectivity index (χ4n) is 6.90. The number of allylic oxidation sites excluding steroid dienone is 4. The van der Waals surface area contributed by atoms with E-state index in [1.807, 2.05) is 0 Å². The van der Waals surface area contributed by atoms with Gasteiger partial charge in [0.25, 0.3) is 0 Å². The monoisotopic (exact) mass is 602 g/mol. The van der Waals surface area contributed by atoms with Crippen molar-refractivity contribution in [1.82, 2.24) is 19.9 Å². The van der Waals surface area contributed by atoms with E-state index in [2.05, 4.69) is 168 Å². The molecule has 222 valence electrons. The zero-order valence-electron chi connectivity index (χ0n) is 25.6. The van der Waals surface area contributed by atoms with Crippen molar-refractivity contribution < 1.29 is 0 Å². The molecule has 0 fully saturated rings. The lowest BCUT2D eigenvalue weighted by Gasteiger charge is -2.07. The fraction of sp³-hybridized carbons (Fsp3) is 0.0233. The average Bonchev–Trinajstić information content (AvgIpc) is 3.97. The second-order valence-electron chi connectivity index (χ2n) is 11.9. The number of H-pyrrole nitrogens is 2. The molecule has 0 radical (unpaired) electrons. The standard InChI is InChI=1S/C43H30N4/c1-4-12-28(13-5-1)40-32-20-22-34(44-32)41(29-14-6-2-7-15-29)36-24-26-38(46-36)43(31-18-10-11-19-31)39-27-25-37(47-39)42(30-16-8-3-9-17-30)35-23-21-33(40)45-35/h1-18,20-27,44,47H,19H2. The number of nitrogens with one attached hydrogen (secondary N) is 2. The summed E-state index contributed by atoms with van der Waals surface area (Å²) in [5.41, 5.74) is 16.6. The first kappa shape index (κ1) is 27.1. The molecule has 0 spiro atoms. The van der Waals surface area contributed by atoms with Gasteiger partial charge in [0, 0.05) is 44.3 Å². The van der Waals surface area contributed by atoms with Crippen molar-refractivity contribution in [2.75, 3.05) is 0 Å². The van der Waals surface area contributed by atoms with Crippen molar-refractivity contribution in [1.29, 1.82) is 0 Å². The predicted molar refractivity (Wildman–Crippen MR) is 197 cm³/mol. The third-order valence-electron chi connectivity index (χ3n) is 9.03. The van der Waals surface area contributed by atoms with E-state index in [0.717, 1.165) is 90.2 Å². The maximum atomic E-state index is 5.35. The van der Waals surface area contributed by atoms with Gasteiger partial charge in [-0.15, -0.1) is 0 Å². The Hall–Kier alpha value is -6.26. The Bertz CT molecular complexity index is 2420. The topological polar surface area (TPSA) is 57.4 Å². The summed E-state index contributed by atoms with van der Waals surface area (Å²) >= 11 is 0. The fourth-order valence-corrected chi connectivity index (χ4v) is 6.90. The van der Waals surface area contributed by atoms with Gasteiger partial charge in [0.1, 0.15) is 0 Å². The number of aromatic nitrogens is 4. The van der Waals surface area contributed by atoms with Gasteiger partial charge in [-0.25, -0.2) is 9.97 Å². The average molecular weight is 603 g/mol.